The molecule has 3 heteroatoms. The van der Waals surface area contributed by atoms with Crippen molar-refractivity contribution >= 4 is 23.0 Å². The molecule has 0 saturated heterocycles. The summed E-state index contributed by atoms with van der Waals surface area (Å²) in [6, 6.07) is 5.98. The van der Waals surface area contributed by atoms with Crippen molar-refractivity contribution in [1.29, 1.82) is 0 Å². The number of halogens is 1. The Bertz CT molecular complexity index is 367. The molecule has 0 heterocycles. The number of hydrogen-bond donors (Lipinski definition) is 1. The van der Waals surface area contributed by atoms with Gasteiger partial charge in [-0.1, -0.05) is 38.4 Å². The van der Waals surface area contributed by atoms with Crippen LogP contribution >= 0.6 is 11.6 Å². The van der Waals surface area contributed by atoms with Gasteiger partial charge in [-0.05, 0) is 24.0 Å². The first kappa shape index (κ1) is 14.2. The van der Waals surface area contributed by atoms with Gasteiger partial charge in [0.25, 0.3) is 0 Å². The quantitative estimate of drug-likeness (QED) is 0.864. The van der Waals surface area contributed by atoms with Gasteiger partial charge in [0.15, 0.2) is 0 Å². The van der Waals surface area contributed by atoms with E-state index in [9.17, 15) is 0 Å². The Balaban J connectivity index is 2.74. The monoisotopic (exact) mass is 254 g/mol. The highest BCUT2D eigenvalue weighted by molar-refractivity contribution is 6.34. The van der Waals surface area contributed by atoms with E-state index in [1.54, 1.807) is 0 Å². The lowest BCUT2D eigenvalue weighted by molar-refractivity contribution is 0.390. The molecule has 96 valence electrons. The molecular weight excluding hydrogens is 232 g/mol. The minimum absolute atomic E-state index is 0.351. The van der Waals surface area contributed by atoms with E-state index >= 15 is 0 Å². The lowest BCUT2D eigenvalue weighted by atomic mass is 9.92. The summed E-state index contributed by atoms with van der Waals surface area (Å²) >= 11 is 6.21. The van der Waals surface area contributed by atoms with Crippen molar-refractivity contribution in [2.24, 2.45) is 5.41 Å². The predicted octanol–water partition coefficient (Wildman–Crippen LogP) is 4.25. The third-order valence-electron chi connectivity index (χ3n) is 2.62. The molecule has 0 aliphatic rings. The molecule has 0 fully saturated rings. The van der Waals surface area contributed by atoms with Crippen molar-refractivity contribution in [3.8, 4) is 0 Å². The van der Waals surface area contributed by atoms with Gasteiger partial charge in [-0.15, -0.1) is 0 Å². The molecule has 2 nitrogen and oxygen atoms in total. The summed E-state index contributed by atoms with van der Waals surface area (Å²) in [4.78, 5) is 2.04. The smallest absolute Gasteiger partial charge is 0.0786 e. The zero-order valence-electron chi connectivity index (χ0n) is 11.5. The standard InChI is InChI=1S/C14H23ClN2/c1-14(2,3)9-10-16-12-8-6-7-11(15)13(12)17(4)5/h6-8,16H,9-10H2,1-5H3. The predicted molar refractivity (Wildman–Crippen MR) is 78.3 cm³/mol. The van der Waals surface area contributed by atoms with E-state index in [0.717, 1.165) is 29.4 Å². The maximum Gasteiger partial charge on any atom is 0.0786 e. The molecule has 0 atom stereocenters. The normalized spacial score (nSPS) is 11.4. The lowest BCUT2D eigenvalue weighted by Gasteiger charge is -2.22. The van der Waals surface area contributed by atoms with Crippen LogP contribution in [-0.2, 0) is 0 Å². The fourth-order valence-corrected chi connectivity index (χ4v) is 2.03. The van der Waals surface area contributed by atoms with Gasteiger partial charge in [0.05, 0.1) is 16.4 Å². The summed E-state index contributed by atoms with van der Waals surface area (Å²) in [5.74, 6) is 0. The molecule has 1 aromatic rings. The van der Waals surface area contributed by atoms with Crippen LogP contribution in [0.1, 0.15) is 27.2 Å². The van der Waals surface area contributed by atoms with Crippen molar-refractivity contribution in [3.05, 3.63) is 23.2 Å². The van der Waals surface area contributed by atoms with Crippen molar-refractivity contribution < 1.29 is 0 Å². The minimum atomic E-state index is 0.351. The van der Waals surface area contributed by atoms with Gasteiger partial charge in [-0.2, -0.15) is 0 Å². The molecular formula is C14H23ClN2. The Hall–Kier alpha value is -0.890. The Morgan fingerprint density at radius 1 is 1.24 bits per heavy atom. The average molecular weight is 255 g/mol. The summed E-state index contributed by atoms with van der Waals surface area (Å²) in [6.07, 6.45) is 1.13. The number of hydrogen-bond acceptors (Lipinski definition) is 2. The summed E-state index contributed by atoms with van der Waals surface area (Å²) in [6.45, 7) is 7.71. The molecule has 0 spiro atoms. The molecule has 0 aliphatic carbocycles. The zero-order valence-corrected chi connectivity index (χ0v) is 12.2. The number of nitrogens with zero attached hydrogens (tertiary/aromatic N) is 1. The molecule has 0 saturated carbocycles. The molecule has 0 unspecified atom stereocenters. The molecule has 0 aliphatic heterocycles. The van der Waals surface area contributed by atoms with Gasteiger partial charge >= 0.3 is 0 Å². The number of para-hydroxylation sites is 1. The van der Waals surface area contributed by atoms with Gasteiger partial charge in [-0.3, -0.25) is 0 Å². The first-order valence-electron chi connectivity index (χ1n) is 6.01. The SMILES string of the molecule is CN(C)c1c(Cl)cccc1NCCC(C)(C)C. The van der Waals surface area contributed by atoms with Crippen LogP contribution in [0.3, 0.4) is 0 Å². The Kier molecular flexibility index (Phi) is 4.70. The van der Waals surface area contributed by atoms with E-state index in [1.165, 1.54) is 0 Å². The van der Waals surface area contributed by atoms with Crippen molar-refractivity contribution in [2.75, 3.05) is 30.9 Å². The molecule has 1 aromatic carbocycles. The molecule has 0 radical (unpaired) electrons. The number of rotatable bonds is 4. The maximum absolute atomic E-state index is 6.21. The van der Waals surface area contributed by atoms with Gasteiger partial charge in [0.1, 0.15) is 0 Å². The van der Waals surface area contributed by atoms with Crippen LogP contribution in [0.15, 0.2) is 18.2 Å². The fourth-order valence-electron chi connectivity index (χ4n) is 1.68. The summed E-state index contributed by atoms with van der Waals surface area (Å²) in [5.41, 5.74) is 2.51. The van der Waals surface area contributed by atoms with E-state index in [4.69, 9.17) is 11.6 Å². The highest BCUT2D eigenvalue weighted by Gasteiger charge is 2.11. The Morgan fingerprint density at radius 2 is 1.88 bits per heavy atom. The molecule has 1 N–H and O–H groups in total. The largest absolute Gasteiger partial charge is 0.383 e. The second kappa shape index (κ2) is 5.63. The van der Waals surface area contributed by atoms with Crippen molar-refractivity contribution in [1.82, 2.24) is 0 Å². The Labute approximate surface area is 110 Å². The zero-order chi connectivity index (χ0) is 13.1. The summed E-state index contributed by atoms with van der Waals surface area (Å²) in [5, 5.41) is 4.25. The van der Waals surface area contributed by atoms with Crippen molar-refractivity contribution in [3.63, 3.8) is 0 Å². The van der Waals surface area contributed by atoms with Gasteiger partial charge in [-0.25, -0.2) is 0 Å². The first-order chi connectivity index (χ1) is 7.81. The van der Waals surface area contributed by atoms with Crippen LogP contribution in [0.4, 0.5) is 11.4 Å². The van der Waals surface area contributed by atoms with Gasteiger partial charge < -0.3 is 10.2 Å². The highest BCUT2D eigenvalue weighted by atomic mass is 35.5. The molecule has 0 amide bonds. The van der Waals surface area contributed by atoms with E-state index in [2.05, 4.69) is 32.2 Å². The van der Waals surface area contributed by atoms with Crippen LogP contribution in [0.25, 0.3) is 0 Å². The van der Waals surface area contributed by atoms with E-state index in [-0.39, 0.29) is 0 Å². The van der Waals surface area contributed by atoms with Crippen LogP contribution in [0, 0.1) is 5.41 Å². The fraction of sp³-hybridized carbons (Fsp3) is 0.571. The summed E-state index contributed by atoms with van der Waals surface area (Å²) < 4.78 is 0. The molecule has 0 aromatic heterocycles. The van der Waals surface area contributed by atoms with Crippen LogP contribution in [0.5, 0.6) is 0 Å². The minimum Gasteiger partial charge on any atom is -0.383 e. The topological polar surface area (TPSA) is 15.3 Å². The van der Waals surface area contributed by atoms with Gasteiger partial charge in [0, 0.05) is 20.6 Å². The lowest BCUT2D eigenvalue weighted by Crippen LogP contribution is -2.16. The number of benzene rings is 1. The van der Waals surface area contributed by atoms with Crippen LogP contribution in [-0.4, -0.2) is 20.6 Å². The maximum atomic E-state index is 6.21. The third-order valence-corrected chi connectivity index (χ3v) is 2.93. The van der Waals surface area contributed by atoms with E-state index < -0.39 is 0 Å². The van der Waals surface area contributed by atoms with Crippen LogP contribution in [0.2, 0.25) is 5.02 Å². The van der Waals surface area contributed by atoms with E-state index in [1.807, 2.05) is 31.1 Å². The molecule has 17 heavy (non-hydrogen) atoms. The Morgan fingerprint density at radius 3 is 2.41 bits per heavy atom. The number of nitrogens with one attached hydrogen (secondary N) is 1. The average Bonchev–Trinajstić information content (AvgIpc) is 2.14. The van der Waals surface area contributed by atoms with Crippen molar-refractivity contribution in [2.45, 2.75) is 27.2 Å². The number of anilines is 2. The third kappa shape index (κ3) is 4.47. The second-order valence-corrected chi connectivity index (χ2v) is 6.18. The van der Waals surface area contributed by atoms with Gasteiger partial charge in [0.2, 0.25) is 0 Å². The van der Waals surface area contributed by atoms with E-state index in [0.29, 0.717) is 5.41 Å². The second-order valence-electron chi connectivity index (χ2n) is 5.77. The first-order valence-corrected chi connectivity index (χ1v) is 6.39. The van der Waals surface area contributed by atoms with Crippen LogP contribution < -0.4 is 10.2 Å². The highest BCUT2D eigenvalue weighted by Crippen LogP contribution is 2.32. The molecule has 0 bridgehead atoms. The summed E-state index contributed by atoms with van der Waals surface area (Å²) in [7, 11) is 4.02. The molecule has 1 rings (SSSR count).